The number of nitrogens with one attached hydrogen (secondary N) is 3. The molecule has 0 atom stereocenters. The number of carbonyl (C=O) groups excluding carboxylic acids is 1. The number of rotatable bonds is 7. The normalized spacial score (nSPS) is 14.6. The molecule has 1 aliphatic carbocycles. The maximum Gasteiger partial charge on any atom is 0.230 e. The number of aromatic amines is 1. The van der Waals surface area contributed by atoms with E-state index in [1.165, 1.54) is 31.0 Å². The van der Waals surface area contributed by atoms with Crippen molar-refractivity contribution in [2.45, 2.75) is 57.1 Å². The predicted molar refractivity (Wildman–Crippen MR) is 121 cm³/mol. The van der Waals surface area contributed by atoms with Crippen molar-refractivity contribution in [3.05, 3.63) is 35.4 Å². The molecule has 31 heavy (non-hydrogen) atoms. The maximum atomic E-state index is 12.5. The molecule has 4 rings (SSSR count). The van der Waals surface area contributed by atoms with Crippen LogP contribution < -0.4 is 15.5 Å². The molecule has 8 nitrogen and oxygen atoms in total. The topological polar surface area (TPSA) is 109 Å². The fraction of sp³-hybridized carbons (Fsp3) is 0.455. The second-order valence-corrected chi connectivity index (χ2v) is 8.69. The summed E-state index contributed by atoms with van der Waals surface area (Å²) in [7, 11) is 0. The van der Waals surface area contributed by atoms with Gasteiger partial charge in [-0.2, -0.15) is 5.10 Å². The number of amides is 1. The molecule has 1 saturated carbocycles. The van der Waals surface area contributed by atoms with Crippen LogP contribution in [0.5, 0.6) is 5.75 Å². The van der Waals surface area contributed by atoms with Gasteiger partial charge in [0.2, 0.25) is 5.91 Å². The van der Waals surface area contributed by atoms with E-state index in [4.69, 9.17) is 10.1 Å². The van der Waals surface area contributed by atoms with Gasteiger partial charge in [0.15, 0.2) is 10.8 Å². The highest BCUT2D eigenvalue weighted by Gasteiger charge is 2.19. The first-order chi connectivity index (χ1) is 15.1. The molecule has 1 aliphatic rings. The molecule has 2 aromatic heterocycles. The van der Waals surface area contributed by atoms with E-state index in [0.29, 0.717) is 22.8 Å². The zero-order valence-corrected chi connectivity index (χ0v) is 18.7. The van der Waals surface area contributed by atoms with Crippen LogP contribution >= 0.6 is 11.8 Å². The van der Waals surface area contributed by atoms with Crippen LogP contribution in [0.3, 0.4) is 0 Å². The van der Waals surface area contributed by atoms with Crippen LogP contribution in [0.4, 0.5) is 0 Å². The molecule has 1 aromatic carbocycles. The number of aryl methyl sites for hydroxylation is 1. The standard InChI is InChI=1S/C22H28N6O2S/c1-3-30-17-11-9-16(10-12-17)28-20(23)19-14(2)26-27-21(19)25-22(28)31-13-18(29)24-15-7-5-4-6-8-15/h9-12,15,23H,3-8,13H2,1-2H3,(H,24,29)(H,26,27). The minimum absolute atomic E-state index is 0.00165. The number of fused-ring (bicyclic) bond motifs is 1. The molecular weight excluding hydrogens is 412 g/mol. The highest BCUT2D eigenvalue weighted by molar-refractivity contribution is 7.99. The van der Waals surface area contributed by atoms with Gasteiger partial charge < -0.3 is 10.1 Å². The Kier molecular flexibility index (Phi) is 6.60. The van der Waals surface area contributed by atoms with E-state index < -0.39 is 0 Å². The lowest BCUT2D eigenvalue weighted by atomic mass is 9.95. The number of hydrogen-bond acceptors (Lipinski definition) is 6. The summed E-state index contributed by atoms with van der Waals surface area (Å²) in [4.78, 5) is 17.2. The van der Waals surface area contributed by atoms with Crippen molar-refractivity contribution in [3.8, 4) is 11.4 Å². The summed E-state index contributed by atoms with van der Waals surface area (Å²) in [6, 6.07) is 7.83. The molecule has 0 saturated heterocycles. The van der Waals surface area contributed by atoms with Gasteiger partial charge in [0.25, 0.3) is 0 Å². The molecular formula is C22H28N6O2S. The van der Waals surface area contributed by atoms with Crippen LogP contribution in [0.2, 0.25) is 0 Å². The third-order valence-electron chi connectivity index (χ3n) is 5.49. The second-order valence-electron chi connectivity index (χ2n) is 7.74. The Labute approximate surface area is 185 Å². The third-order valence-corrected chi connectivity index (χ3v) is 6.43. The molecule has 0 unspecified atom stereocenters. The van der Waals surface area contributed by atoms with Gasteiger partial charge in [-0.25, -0.2) is 4.98 Å². The van der Waals surface area contributed by atoms with E-state index in [0.717, 1.165) is 30.0 Å². The Hall–Kier alpha value is -2.81. The minimum atomic E-state index is 0.00165. The zero-order chi connectivity index (χ0) is 21.8. The third kappa shape index (κ3) is 4.76. The number of H-pyrrole nitrogens is 1. The van der Waals surface area contributed by atoms with Crippen molar-refractivity contribution in [1.82, 2.24) is 25.1 Å². The van der Waals surface area contributed by atoms with Crippen molar-refractivity contribution in [2.75, 3.05) is 12.4 Å². The highest BCUT2D eigenvalue weighted by Crippen LogP contribution is 2.23. The summed E-state index contributed by atoms with van der Waals surface area (Å²) in [6.45, 7) is 4.41. The molecule has 3 N–H and O–H groups in total. The Morgan fingerprint density at radius 1 is 1.29 bits per heavy atom. The predicted octanol–water partition coefficient (Wildman–Crippen LogP) is 3.48. The van der Waals surface area contributed by atoms with Crippen molar-refractivity contribution >= 4 is 28.7 Å². The van der Waals surface area contributed by atoms with Crippen LogP contribution in [0.1, 0.15) is 44.7 Å². The molecule has 164 valence electrons. The summed E-state index contributed by atoms with van der Waals surface area (Å²) in [5.74, 6) is 1.02. The molecule has 1 fully saturated rings. The van der Waals surface area contributed by atoms with E-state index in [9.17, 15) is 4.79 Å². The van der Waals surface area contributed by atoms with Crippen molar-refractivity contribution in [3.63, 3.8) is 0 Å². The Morgan fingerprint density at radius 3 is 2.74 bits per heavy atom. The van der Waals surface area contributed by atoms with Gasteiger partial charge in [0.1, 0.15) is 11.2 Å². The summed E-state index contributed by atoms with van der Waals surface area (Å²) >= 11 is 1.33. The van der Waals surface area contributed by atoms with E-state index in [-0.39, 0.29) is 23.2 Å². The Balaban J connectivity index is 1.62. The summed E-state index contributed by atoms with van der Waals surface area (Å²) in [6.07, 6.45) is 5.71. The van der Waals surface area contributed by atoms with Gasteiger partial charge in [-0.15, -0.1) is 0 Å². The number of carbonyl (C=O) groups is 1. The van der Waals surface area contributed by atoms with E-state index in [2.05, 4.69) is 20.5 Å². The zero-order valence-electron chi connectivity index (χ0n) is 17.9. The smallest absolute Gasteiger partial charge is 0.230 e. The second kappa shape index (κ2) is 9.55. The van der Waals surface area contributed by atoms with Gasteiger partial charge in [-0.1, -0.05) is 31.0 Å². The van der Waals surface area contributed by atoms with Crippen molar-refractivity contribution < 1.29 is 9.53 Å². The molecule has 0 radical (unpaired) electrons. The van der Waals surface area contributed by atoms with Crippen molar-refractivity contribution in [1.29, 1.82) is 5.41 Å². The van der Waals surface area contributed by atoms with Gasteiger partial charge in [0.05, 0.1) is 17.7 Å². The molecule has 1 amide bonds. The number of thioether (sulfide) groups is 1. The monoisotopic (exact) mass is 440 g/mol. The minimum Gasteiger partial charge on any atom is -0.494 e. The molecule has 0 bridgehead atoms. The first kappa shape index (κ1) is 21.4. The quantitative estimate of drug-likeness (QED) is 0.385. The summed E-state index contributed by atoms with van der Waals surface area (Å²) in [5.41, 5.74) is 2.35. The average molecular weight is 441 g/mol. The summed E-state index contributed by atoms with van der Waals surface area (Å²) < 4.78 is 7.30. The van der Waals surface area contributed by atoms with Gasteiger partial charge >= 0.3 is 0 Å². The SMILES string of the molecule is CCOc1ccc(-n2c(SCC(=O)NC3CCCCC3)nc3n[nH]c(C)c3c2=N)cc1. The lowest BCUT2D eigenvalue weighted by Gasteiger charge is -2.22. The van der Waals surface area contributed by atoms with E-state index in [1.807, 2.05) is 38.1 Å². The summed E-state index contributed by atoms with van der Waals surface area (Å²) in [5, 5.41) is 20.3. The van der Waals surface area contributed by atoms with Gasteiger partial charge in [-0.3, -0.25) is 19.9 Å². The number of aromatic nitrogens is 4. The van der Waals surface area contributed by atoms with Crippen LogP contribution in [0.25, 0.3) is 16.7 Å². The maximum absolute atomic E-state index is 12.5. The van der Waals surface area contributed by atoms with Gasteiger partial charge in [-0.05, 0) is 51.0 Å². The highest BCUT2D eigenvalue weighted by atomic mass is 32.2. The molecule has 3 aromatic rings. The lowest BCUT2D eigenvalue weighted by Crippen LogP contribution is -2.37. The Morgan fingerprint density at radius 2 is 2.03 bits per heavy atom. The van der Waals surface area contributed by atoms with Gasteiger partial charge in [0, 0.05) is 17.4 Å². The average Bonchev–Trinajstić information content (AvgIpc) is 3.15. The first-order valence-corrected chi connectivity index (χ1v) is 11.7. The number of hydrogen-bond donors (Lipinski definition) is 3. The molecule has 2 heterocycles. The number of nitrogens with zero attached hydrogens (tertiary/aromatic N) is 3. The number of benzene rings is 1. The van der Waals surface area contributed by atoms with Crippen LogP contribution in [0.15, 0.2) is 29.4 Å². The fourth-order valence-electron chi connectivity index (χ4n) is 3.97. The Bertz CT molecular complexity index is 1120. The van der Waals surface area contributed by atoms with E-state index >= 15 is 0 Å². The lowest BCUT2D eigenvalue weighted by molar-refractivity contribution is -0.119. The largest absolute Gasteiger partial charge is 0.494 e. The van der Waals surface area contributed by atoms with Crippen LogP contribution in [0, 0.1) is 12.3 Å². The van der Waals surface area contributed by atoms with Crippen molar-refractivity contribution in [2.24, 2.45) is 0 Å². The number of ether oxygens (including phenoxy) is 1. The molecule has 0 aliphatic heterocycles. The van der Waals surface area contributed by atoms with E-state index in [1.54, 1.807) is 4.57 Å². The fourth-order valence-corrected chi connectivity index (χ4v) is 4.79. The van der Waals surface area contributed by atoms with Crippen LogP contribution in [-0.4, -0.2) is 44.1 Å². The van der Waals surface area contributed by atoms with Crippen LogP contribution in [-0.2, 0) is 4.79 Å². The molecule has 9 heteroatoms. The first-order valence-electron chi connectivity index (χ1n) is 10.7. The molecule has 0 spiro atoms.